The fourth-order valence-electron chi connectivity index (χ4n) is 2.61. The number of nitrogens with zero attached hydrogens (tertiary/aromatic N) is 2. The van der Waals surface area contributed by atoms with Crippen molar-refractivity contribution >= 4 is 23.7 Å². The maximum atomic E-state index is 11.5. The molecule has 1 saturated heterocycles. The quantitative estimate of drug-likeness (QED) is 0.462. The number of methoxy groups -OCH3 is 2. The van der Waals surface area contributed by atoms with E-state index in [0.29, 0.717) is 19.0 Å². The van der Waals surface area contributed by atoms with Gasteiger partial charge in [-0.05, 0) is 26.0 Å². The third-order valence-electron chi connectivity index (χ3n) is 4.36. The zero-order chi connectivity index (χ0) is 18.4. The summed E-state index contributed by atoms with van der Waals surface area (Å²) in [6.45, 7) is 4.82. The van der Waals surface area contributed by atoms with Crippen molar-refractivity contribution in [3.05, 3.63) is 18.2 Å². The molecule has 0 radical (unpaired) electrons. The third kappa shape index (κ3) is 4.85. The summed E-state index contributed by atoms with van der Waals surface area (Å²) in [5.41, 5.74) is 1.76. The van der Waals surface area contributed by atoms with E-state index in [4.69, 9.17) is 14.2 Å². The first-order valence-corrected chi connectivity index (χ1v) is 8.36. The summed E-state index contributed by atoms with van der Waals surface area (Å²) in [4.78, 5) is 18.1. The molecule has 0 saturated carbocycles. The van der Waals surface area contributed by atoms with E-state index in [1.807, 2.05) is 25.2 Å². The number of rotatable bonds is 7. The SMILES string of the molecule is COC(=O)[C@@H]1C[C@@H](OC=Nc2cc(OC)ccc2N(C)C(C)C)CN1. The summed E-state index contributed by atoms with van der Waals surface area (Å²) in [5, 5.41) is 3.08. The zero-order valence-corrected chi connectivity index (χ0v) is 15.5. The van der Waals surface area contributed by atoms with Crippen LogP contribution in [0.15, 0.2) is 23.2 Å². The van der Waals surface area contributed by atoms with Crippen LogP contribution in [0, 0.1) is 0 Å². The Hall–Kier alpha value is -2.28. The normalized spacial score (nSPS) is 20.1. The number of hydrogen-bond acceptors (Lipinski definition) is 7. The first-order chi connectivity index (χ1) is 12.0. The molecule has 1 fully saturated rings. The van der Waals surface area contributed by atoms with E-state index in [0.717, 1.165) is 17.1 Å². The molecule has 7 nitrogen and oxygen atoms in total. The lowest BCUT2D eigenvalue weighted by Gasteiger charge is -2.25. The van der Waals surface area contributed by atoms with Gasteiger partial charge in [0.2, 0.25) is 0 Å². The van der Waals surface area contributed by atoms with Crippen LogP contribution in [0.25, 0.3) is 0 Å². The first-order valence-electron chi connectivity index (χ1n) is 8.36. The average Bonchev–Trinajstić information content (AvgIpc) is 3.09. The molecule has 0 aromatic heterocycles. The predicted molar refractivity (Wildman–Crippen MR) is 98.0 cm³/mol. The van der Waals surface area contributed by atoms with E-state index in [1.165, 1.54) is 13.5 Å². The summed E-state index contributed by atoms with van der Waals surface area (Å²) < 4.78 is 15.7. The highest BCUT2D eigenvalue weighted by molar-refractivity contribution is 5.76. The van der Waals surface area contributed by atoms with Gasteiger partial charge in [-0.15, -0.1) is 0 Å². The van der Waals surface area contributed by atoms with Crippen molar-refractivity contribution < 1.29 is 19.0 Å². The van der Waals surface area contributed by atoms with Crippen LogP contribution >= 0.6 is 0 Å². The number of nitrogens with one attached hydrogen (secondary N) is 1. The van der Waals surface area contributed by atoms with E-state index in [-0.39, 0.29) is 18.1 Å². The van der Waals surface area contributed by atoms with Crippen LogP contribution < -0.4 is 15.0 Å². The molecular formula is C18H27N3O4. The Bertz CT molecular complexity index is 618. The number of ether oxygens (including phenoxy) is 3. The number of carbonyl (C=O) groups excluding carboxylic acids is 1. The van der Waals surface area contributed by atoms with Gasteiger partial charge in [-0.2, -0.15) is 0 Å². The summed E-state index contributed by atoms with van der Waals surface area (Å²) in [7, 11) is 5.03. The highest BCUT2D eigenvalue weighted by atomic mass is 16.5. The highest BCUT2D eigenvalue weighted by Crippen LogP contribution is 2.32. The maximum Gasteiger partial charge on any atom is 0.323 e. The van der Waals surface area contributed by atoms with Gasteiger partial charge in [0, 0.05) is 32.1 Å². The monoisotopic (exact) mass is 349 g/mol. The maximum absolute atomic E-state index is 11.5. The molecule has 0 bridgehead atoms. The van der Waals surface area contributed by atoms with Crippen LogP contribution in [-0.4, -0.2) is 58.4 Å². The molecule has 1 aliphatic heterocycles. The number of carbonyl (C=O) groups is 1. The lowest BCUT2D eigenvalue weighted by atomic mass is 10.2. The van der Waals surface area contributed by atoms with Crippen LogP contribution in [-0.2, 0) is 14.3 Å². The van der Waals surface area contributed by atoms with Crippen LogP contribution in [0.3, 0.4) is 0 Å². The van der Waals surface area contributed by atoms with Crippen molar-refractivity contribution in [1.82, 2.24) is 5.32 Å². The van der Waals surface area contributed by atoms with Crippen molar-refractivity contribution in [2.45, 2.75) is 38.5 Å². The highest BCUT2D eigenvalue weighted by Gasteiger charge is 2.30. The molecule has 1 heterocycles. The lowest BCUT2D eigenvalue weighted by molar-refractivity contribution is -0.142. The predicted octanol–water partition coefficient (Wildman–Crippen LogP) is 2.12. The summed E-state index contributed by atoms with van der Waals surface area (Å²) in [5.74, 6) is 0.470. The zero-order valence-electron chi connectivity index (χ0n) is 15.5. The van der Waals surface area contributed by atoms with E-state index in [9.17, 15) is 4.79 Å². The van der Waals surface area contributed by atoms with E-state index in [1.54, 1.807) is 7.11 Å². The minimum atomic E-state index is -0.317. The Morgan fingerprint density at radius 1 is 1.40 bits per heavy atom. The molecule has 0 unspecified atom stereocenters. The minimum absolute atomic E-state index is 0.107. The molecule has 1 aromatic carbocycles. The molecule has 0 amide bonds. The number of anilines is 1. The standard InChI is InChI=1S/C18H27N3O4/c1-12(2)21(3)17-7-6-13(23-4)8-15(17)20-11-25-14-9-16(19-10-14)18(22)24-5/h6-8,11-12,14,16,19H,9-10H2,1-5H3/t14-,16+/m1/s1. The van der Waals surface area contributed by atoms with Gasteiger partial charge >= 0.3 is 5.97 Å². The minimum Gasteiger partial charge on any atom is -0.497 e. The summed E-state index contributed by atoms with van der Waals surface area (Å²) in [6, 6.07) is 5.79. The molecule has 0 spiro atoms. The Morgan fingerprint density at radius 3 is 2.80 bits per heavy atom. The largest absolute Gasteiger partial charge is 0.497 e. The van der Waals surface area contributed by atoms with Gasteiger partial charge in [-0.3, -0.25) is 4.79 Å². The van der Waals surface area contributed by atoms with Gasteiger partial charge in [0.15, 0.2) is 6.40 Å². The molecular weight excluding hydrogens is 322 g/mol. The Morgan fingerprint density at radius 2 is 2.16 bits per heavy atom. The van der Waals surface area contributed by atoms with Crippen molar-refractivity contribution in [2.24, 2.45) is 4.99 Å². The lowest BCUT2D eigenvalue weighted by Crippen LogP contribution is -2.31. The second-order valence-electron chi connectivity index (χ2n) is 6.27. The Kier molecular flexibility index (Phi) is 6.64. The van der Waals surface area contributed by atoms with Crippen LogP contribution in [0.5, 0.6) is 5.75 Å². The fraction of sp³-hybridized carbons (Fsp3) is 0.556. The van der Waals surface area contributed by atoms with Crippen molar-refractivity contribution in [3.63, 3.8) is 0 Å². The van der Waals surface area contributed by atoms with Gasteiger partial charge in [0.05, 0.1) is 25.6 Å². The van der Waals surface area contributed by atoms with Gasteiger partial charge in [0.1, 0.15) is 17.9 Å². The summed E-state index contributed by atoms with van der Waals surface area (Å²) >= 11 is 0. The van der Waals surface area contributed by atoms with Crippen LogP contribution in [0.2, 0.25) is 0 Å². The average molecular weight is 349 g/mol. The smallest absolute Gasteiger partial charge is 0.323 e. The fourth-order valence-corrected chi connectivity index (χ4v) is 2.61. The number of esters is 1. The van der Waals surface area contributed by atoms with Gasteiger partial charge in [-0.25, -0.2) is 4.99 Å². The molecule has 7 heteroatoms. The molecule has 2 rings (SSSR count). The number of aliphatic imine (C=N–C) groups is 1. The van der Waals surface area contributed by atoms with Crippen molar-refractivity contribution in [1.29, 1.82) is 0 Å². The molecule has 25 heavy (non-hydrogen) atoms. The van der Waals surface area contributed by atoms with Crippen LogP contribution in [0.1, 0.15) is 20.3 Å². The van der Waals surface area contributed by atoms with E-state index in [2.05, 4.69) is 29.1 Å². The first kappa shape index (κ1) is 19.1. The molecule has 0 aliphatic carbocycles. The summed E-state index contributed by atoms with van der Waals surface area (Å²) in [6.07, 6.45) is 1.90. The van der Waals surface area contributed by atoms with Crippen molar-refractivity contribution in [2.75, 3.05) is 32.7 Å². The van der Waals surface area contributed by atoms with E-state index < -0.39 is 0 Å². The molecule has 1 aromatic rings. The van der Waals surface area contributed by atoms with E-state index >= 15 is 0 Å². The second-order valence-corrected chi connectivity index (χ2v) is 6.27. The van der Waals surface area contributed by atoms with Crippen LogP contribution in [0.4, 0.5) is 11.4 Å². The van der Waals surface area contributed by atoms with Gasteiger partial charge in [-0.1, -0.05) is 0 Å². The topological polar surface area (TPSA) is 72.4 Å². The van der Waals surface area contributed by atoms with Gasteiger partial charge < -0.3 is 24.4 Å². The number of hydrogen-bond donors (Lipinski definition) is 1. The Labute approximate surface area is 149 Å². The molecule has 1 N–H and O–H groups in total. The van der Waals surface area contributed by atoms with Gasteiger partial charge in [0.25, 0.3) is 0 Å². The third-order valence-corrected chi connectivity index (χ3v) is 4.36. The second kappa shape index (κ2) is 8.71. The molecule has 2 atom stereocenters. The Balaban J connectivity index is 2.06. The number of benzene rings is 1. The molecule has 138 valence electrons. The van der Waals surface area contributed by atoms with Crippen molar-refractivity contribution in [3.8, 4) is 5.75 Å². The molecule has 1 aliphatic rings.